The smallest absolute Gasteiger partial charge is 0.251 e. The molecule has 0 atom stereocenters. The lowest BCUT2D eigenvalue weighted by atomic mass is 10.2. The number of benzene rings is 1. The number of amides is 1. The molecule has 0 radical (unpaired) electrons. The molecular formula is C15H24BrClN2O3. The summed E-state index contributed by atoms with van der Waals surface area (Å²) in [5.74, 6) is 1.05. The number of nitrogens with one attached hydrogen (secondary N) is 1. The van der Waals surface area contributed by atoms with Crippen LogP contribution in [0.3, 0.4) is 0 Å². The molecule has 0 fully saturated rings. The predicted molar refractivity (Wildman–Crippen MR) is 94.6 cm³/mol. The first-order chi connectivity index (χ1) is 9.99. The van der Waals surface area contributed by atoms with Gasteiger partial charge in [-0.2, -0.15) is 0 Å². The van der Waals surface area contributed by atoms with Crippen LogP contribution < -0.4 is 14.8 Å². The topological polar surface area (TPSA) is 50.8 Å². The van der Waals surface area contributed by atoms with Crippen LogP contribution in [0.25, 0.3) is 0 Å². The summed E-state index contributed by atoms with van der Waals surface area (Å²) >= 11 is 3.42. The van der Waals surface area contributed by atoms with E-state index in [1.54, 1.807) is 19.2 Å². The zero-order valence-corrected chi connectivity index (χ0v) is 15.8. The van der Waals surface area contributed by atoms with Crippen molar-refractivity contribution in [2.45, 2.75) is 13.3 Å². The molecular weight excluding hydrogens is 372 g/mol. The SMILES string of the molecule is CCOc1c(Br)cc(C(=O)NCCCN(C)C)cc1OC.Cl. The molecule has 126 valence electrons. The van der Waals surface area contributed by atoms with E-state index in [2.05, 4.69) is 26.1 Å². The van der Waals surface area contributed by atoms with E-state index in [4.69, 9.17) is 9.47 Å². The van der Waals surface area contributed by atoms with E-state index in [-0.39, 0.29) is 18.3 Å². The number of ether oxygens (including phenoxy) is 2. The maximum absolute atomic E-state index is 12.1. The van der Waals surface area contributed by atoms with Gasteiger partial charge in [-0.25, -0.2) is 0 Å². The molecule has 0 aliphatic heterocycles. The average molecular weight is 396 g/mol. The van der Waals surface area contributed by atoms with Gasteiger partial charge < -0.3 is 19.7 Å². The van der Waals surface area contributed by atoms with Crippen molar-refractivity contribution in [1.82, 2.24) is 10.2 Å². The van der Waals surface area contributed by atoms with Crippen molar-refractivity contribution in [3.8, 4) is 11.5 Å². The summed E-state index contributed by atoms with van der Waals surface area (Å²) in [7, 11) is 5.58. The fourth-order valence-corrected chi connectivity index (χ4v) is 2.39. The second-order valence-electron chi connectivity index (χ2n) is 4.84. The molecule has 0 saturated heterocycles. The van der Waals surface area contributed by atoms with E-state index >= 15 is 0 Å². The van der Waals surface area contributed by atoms with Crippen molar-refractivity contribution < 1.29 is 14.3 Å². The van der Waals surface area contributed by atoms with E-state index in [9.17, 15) is 4.79 Å². The van der Waals surface area contributed by atoms with Crippen LogP contribution in [0.4, 0.5) is 0 Å². The van der Waals surface area contributed by atoms with E-state index in [1.807, 2.05) is 21.0 Å². The van der Waals surface area contributed by atoms with E-state index in [0.29, 0.717) is 34.7 Å². The Morgan fingerprint density at radius 1 is 1.36 bits per heavy atom. The van der Waals surface area contributed by atoms with Crippen LogP contribution >= 0.6 is 28.3 Å². The Balaban J connectivity index is 0.00000441. The van der Waals surface area contributed by atoms with Gasteiger partial charge in [-0.15, -0.1) is 12.4 Å². The molecule has 5 nitrogen and oxygen atoms in total. The first-order valence-corrected chi connectivity index (χ1v) is 7.72. The number of nitrogens with zero attached hydrogens (tertiary/aromatic N) is 1. The van der Waals surface area contributed by atoms with E-state index < -0.39 is 0 Å². The molecule has 0 aromatic heterocycles. The van der Waals surface area contributed by atoms with Crippen molar-refractivity contribution in [3.63, 3.8) is 0 Å². The molecule has 0 heterocycles. The summed E-state index contributed by atoms with van der Waals surface area (Å²) in [5.41, 5.74) is 0.548. The van der Waals surface area contributed by atoms with Crippen molar-refractivity contribution in [3.05, 3.63) is 22.2 Å². The lowest BCUT2D eigenvalue weighted by Crippen LogP contribution is -2.27. The maximum Gasteiger partial charge on any atom is 0.251 e. The molecule has 0 aliphatic rings. The Kier molecular flexibility index (Phi) is 10.2. The highest BCUT2D eigenvalue weighted by molar-refractivity contribution is 9.10. The summed E-state index contributed by atoms with van der Waals surface area (Å²) < 4.78 is 11.5. The minimum Gasteiger partial charge on any atom is -0.493 e. The minimum absolute atomic E-state index is 0. The van der Waals surface area contributed by atoms with Crippen molar-refractivity contribution >= 4 is 34.2 Å². The second kappa shape index (κ2) is 10.7. The largest absolute Gasteiger partial charge is 0.493 e. The monoisotopic (exact) mass is 394 g/mol. The van der Waals surface area contributed by atoms with Gasteiger partial charge in [0.2, 0.25) is 0 Å². The van der Waals surface area contributed by atoms with Crippen LogP contribution in [0, 0.1) is 0 Å². The summed E-state index contributed by atoms with van der Waals surface area (Å²) in [5, 5.41) is 2.90. The fourth-order valence-electron chi connectivity index (χ4n) is 1.83. The first kappa shape index (κ1) is 21.0. The highest BCUT2D eigenvalue weighted by atomic mass is 79.9. The van der Waals surface area contributed by atoms with Gasteiger partial charge in [0, 0.05) is 12.1 Å². The molecule has 0 spiro atoms. The highest BCUT2D eigenvalue weighted by Gasteiger charge is 2.15. The predicted octanol–water partition coefficient (Wildman–Crippen LogP) is 2.96. The van der Waals surface area contributed by atoms with Crippen LogP contribution in [0.1, 0.15) is 23.7 Å². The number of hydrogen-bond donors (Lipinski definition) is 1. The molecule has 1 aromatic rings. The third-order valence-corrected chi connectivity index (χ3v) is 3.44. The molecule has 1 amide bonds. The fraction of sp³-hybridized carbons (Fsp3) is 0.533. The zero-order chi connectivity index (χ0) is 15.8. The highest BCUT2D eigenvalue weighted by Crippen LogP contribution is 2.36. The van der Waals surface area contributed by atoms with Gasteiger partial charge in [0.1, 0.15) is 0 Å². The van der Waals surface area contributed by atoms with Crippen LogP contribution in [-0.4, -0.2) is 51.7 Å². The molecule has 7 heteroatoms. The van der Waals surface area contributed by atoms with Gasteiger partial charge in [0.05, 0.1) is 18.2 Å². The Labute approximate surface area is 146 Å². The lowest BCUT2D eigenvalue weighted by Gasteiger charge is -2.14. The van der Waals surface area contributed by atoms with Gasteiger partial charge in [-0.3, -0.25) is 4.79 Å². The summed E-state index contributed by atoms with van der Waals surface area (Å²) in [6.45, 7) is 4.02. The van der Waals surface area contributed by atoms with E-state index in [1.165, 1.54) is 0 Å². The van der Waals surface area contributed by atoms with Crippen LogP contribution in [0.15, 0.2) is 16.6 Å². The number of carbonyl (C=O) groups is 1. The number of methoxy groups -OCH3 is 1. The van der Waals surface area contributed by atoms with Gasteiger partial charge in [-0.05, 0) is 62.0 Å². The maximum atomic E-state index is 12.1. The Hall–Kier alpha value is -0.980. The standard InChI is InChI=1S/C15H23BrN2O3.ClH/c1-5-21-14-12(16)9-11(10-13(14)20-4)15(19)17-7-6-8-18(2)3;/h9-10H,5-8H2,1-4H3,(H,17,19);1H. The molecule has 1 rings (SSSR count). The van der Waals surface area contributed by atoms with E-state index in [0.717, 1.165) is 13.0 Å². The normalized spacial score (nSPS) is 10.1. The van der Waals surface area contributed by atoms with Gasteiger partial charge in [-0.1, -0.05) is 0 Å². The van der Waals surface area contributed by atoms with Gasteiger partial charge >= 0.3 is 0 Å². The summed E-state index contributed by atoms with van der Waals surface area (Å²) in [6, 6.07) is 3.44. The van der Waals surface area contributed by atoms with Gasteiger partial charge in [0.15, 0.2) is 11.5 Å². The van der Waals surface area contributed by atoms with Crippen molar-refractivity contribution in [2.24, 2.45) is 0 Å². The molecule has 0 saturated carbocycles. The number of carbonyl (C=O) groups excluding carboxylic acids is 1. The third-order valence-electron chi connectivity index (χ3n) is 2.85. The molecule has 1 N–H and O–H groups in total. The molecule has 0 aliphatic carbocycles. The van der Waals surface area contributed by atoms with Crippen LogP contribution in [-0.2, 0) is 0 Å². The third kappa shape index (κ3) is 6.42. The molecule has 0 unspecified atom stereocenters. The summed E-state index contributed by atoms with van der Waals surface area (Å²) in [6.07, 6.45) is 0.911. The van der Waals surface area contributed by atoms with Crippen LogP contribution in [0.2, 0.25) is 0 Å². The number of halogens is 2. The molecule has 22 heavy (non-hydrogen) atoms. The number of rotatable bonds is 8. The molecule has 0 bridgehead atoms. The zero-order valence-electron chi connectivity index (χ0n) is 13.4. The Bertz CT molecular complexity index is 484. The quantitative estimate of drug-likeness (QED) is 0.688. The van der Waals surface area contributed by atoms with Crippen LogP contribution in [0.5, 0.6) is 11.5 Å². The van der Waals surface area contributed by atoms with Crippen molar-refractivity contribution in [2.75, 3.05) is 40.9 Å². The van der Waals surface area contributed by atoms with Crippen molar-refractivity contribution in [1.29, 1.82) is 0 Å². The first-order valence-electron chi connectivity index (χ1n) is 6.92. The average Bonchev–Trinajstić information content (AvgIpc) is 2.45. The Morgan fingerprint density at radius 3 is 2.59 bits per heavy atom. The minimum atomic E-state index is -0.115. The number of hydrogen-bond acceptors (Lipinski definition) is 4. The lowest BCUT2D eigenvalue weighted by molar-refractivity contribution is 0.0952. The summed E-state index contributed by atoms with van der Waals surface area (Å²) in [4.78, 5) is 14.2. The Morgan fingerprint density at radius 2 is 2.05 bits per heavy atom. The second-order valence-corrected chi connectivity index (χ2v) is 5.69. The van der Waals surface area contributed by atoms with Gasteiger partial charge in [0.25, 0.3) is 5.91 Å². The molecule has 1 aromatic carbocycles.